The number of rotatable bonds is 5. The van der Waals surface area contributed by atoms with Crippen LogP contribution in [0.2, 0.25) is 0 Å². The van der Waals surface area contributed by atoms with E-state index < -0.39 is 6.04 Å². The van der Waals surface area contributed by atoms with Crippen LogP contribution in [0.5, 0.6) is 0 Å². The van der Waals surface area contributed by atoms with Crippen molar-refractivity contribution in [1.82, 2.24) is 4.90 Å². The molecular weight excluding hydrogens is 366 g/mol. The molecule has 0 spiro atoms. The monoisotopic (exact) mass is 407 g/mol. The molecule has 0 aliphatic carbocycles. The van der Waals surface area contributed by atoms with Gasteiger partial charge < -0.3 is 14.4 Å². The van der Waals surface area contributed by atoms with Gasteiger partial charge in [0, 0.05) is 13.7 Å². The van der Waals surface area contributed by atoms with Crippen molar-refractivity contribution in [3.8, 4) is 0 Å². The van der Waals surface area contributed by atoms with Crippen molar-refractivity contribution in [2.24, 2.45) is 11.8 Å². The minimum Gasteiger partial charge on any atom is -0.461 e. The highest BCUT2D eigenvalue weighted by molar-refractivity contribution is 5.92. The first-order chi connectivity index (χ1) is 14.0. The van der Waals surface area contributed by atoms with Crippen LogP contribution in [0.4, 0.5) is 0 Å². The standard InChI is InChI=1S/C24H41NO4/c1-5-6-9-19(3)22-12-7-10-20(28-4)15-13-18(2)14-16-23(26)25-17-8-11-21(25)24(27)29-22/h14,16,18-22H,5-13,15,17H2,1-4H3/b16-14+/t18?,19-,20?,21+,22+/m1/s1. The minimum absolute atomic E-state index is 0.0648. The summed E-state index contributed by atoms with van der Waals surface area (Å²) in [5.74, 6) is 0.367. The van der Waals surface area contributed by atoms with Gasteiger partial charge in [0.25, 0.3) is 0 Å². The van der Waals surface area contributed by atoms with Crippen LogP contribution in [0.15, 0.2) is 12.2 Å². The van der Waals surface area contributed by atoms with Gasteiger partial charge in [-0.25, -0.2) is 4.79 Å². The Bertz CT molecular complexity index is 547. The van der Waals surface area contributed by atoms with Crippen molar-refractivity contribution in [1.29, 1.82) is 0 Å². The smallest absolute Gasteiger partial charge is 0.329 e. The van der Waals surface area contributed by atoms with Crippen molar-refractivity contribution >= 4 is 11.9 Å². The maximum absolute atomic E-state index is 13.0. The number of esters is 1. The largest absolute Gasteiger partial charge is 0.461 e. The number of amides is 1. The number of unbranched alkanes of at least 4 members (excludes halogenated alkanes) is 1. The molecule has 0 aromatic rings. The first-order valence-corrected chi connectivity index (χ1v) is 11.7. The van der Waals surface area contributed by atoms with Crippen LogP contribution in [0.1, 0.15) is 85.0 Å². The molecule has 1 fully saturated rings. The SMILES string of the molecule is CCCC[C@@H](C)[C@@H]1CCCC(OC)CCC(C)/C=C/C(=O)N2CCC[C@H]2C(=O)O1. The molecule has 2 unspecified atom stereocenters. The molecule has 0 saturated carbocycles. The zero-order valence-electron chi connectivity index (χ0n) is 18.9. The van der Waals surface area contributed by atoms with E-state index in [9.17, 15) is 9.59 Å². The van der Waals surface area contributed by atoms with Crippen LogP contribution in [0, 0.1) is 11.8 Å². The summed E-state index contributed by atoms with van der Waals surface area (Å²) in [4.78, 5) is 27.4. The fraction of sp³-hybridized carbons (Fsp3) is 0.833. The number of hydrogen-bond donors (Lipinski definition) is 0. The van der Waals surface area contributed by atoms with Gasteiger partial charge in [-0.2, -0.15) is 0 Å². The number of fused-ring (bicyclic) bond motifs is 1. The summed E-state index contributed by atoms with van der Waals surface area (Å²) in [5, 5.41) is 0. The Kier molecular flexibility index (Phi) is 10.2. The predicted octanol–water partition coefficient (Wildman–Crippen LogP) is 4.89. The Labute approximate surface area is 177 Å². The van der Waals surface area contributed by atoms with Crippen molar-refractivity contribution in [3.63, 3.8) is 0 Å². The van der Waals surface area contributed by atoms with E-state index >= 15 is 0 Å². The number of carbonyl (C=O) groups is 2. The number of methoxy groups -OCH3 is 1. The predicted molar refractivity (Wildman–Crippen MR) is 115 cm³/mol. The summed E-state index contributed by atoms with van der Waals surface area (Å²) >= 11 is 0. The van der Waals surface area contributed by atoms with Gasteiger partial charge in [-0.05, 0) is 69.3 Å². The summed E-state index contributed by atoms with van der Waals surface area (Å²) in [7, 11) is 1.78. The lowest BCUT2D eigenvalue weighted by atomic mass is 9.92. The van der Waals surface area contributed by atoms with Gasteiger partial charge in [0.15, 0.2) is 0 Å². The molecule has 2 heterocycles. The van der Waals surface area contributed by atoms with Gasteiger partial charge in [0.05, 0.1) is 6.10 Å². The zero-order chi connectivity index (χ0) is 21.2. The summed E-state index contributed by atoms with van der Waals surface area (Å²) in [6.45, 7) is 7.15. The fourth-order valence-electron chi connectivity index (χ4n) is 4.49. The molecule has 29 heavy (non-hydrogen) atoms. The Hall–Kier alpha value is -1.36. The molecule has 0 aromatic carbocycles. The third kappa shape index (κ3) is 7.44. The lowest BCUT2D eigenvalue weighted by molar-refractivity contribution is -0.160. The number of allylic oxidation sites excluding steroid dienone is 1. The number of carbonyl (C=O) groups excluding carboxylic acids is 2. The first-order valence-electron chi connectivity index (χ1n) is 11.7. The number of nitrogens with zero attached hydrogens (tertiary/aromatic N) is 1. The lowest BCUT2D eigenvalue weighted by Crippen LogP contribution is -2.42. The van der Waals surface area contributed by atoms with Gasteiger partial charge in [0.2, 0.25) is 5.91 Å². The van der Waals surface area contributed by atoms with Crippen molar-refractivity contribution in [2.45, 2.75) is 103 Å². The van der Waals surface area contributed by atoms with Crippen LogP contribution in [-0.2, 0) is 19.1 Å². The zero-order valence-corrected chi connectivity index (χ0v) is 18.9. The van der Waals surface area contributed by atoms with Crippen LogP contribution in [-0.4, -0.2) is 48.7 Å². The van der Waals surface area contributed by atoms with Crippen LogP contribution < -0.4 is 0 Å². The molecule has 0 N–H and O–H groups in total. The van der Waals surface area contributed by atoms with E-state index in [1.807, 2.05) is 6.08 Å². The normalized spacial score (nSPS) is 32.1. The van der Waals surface area contributed by atoms with E-state index in [0.29, 0.717) is 24.8 Å². The fourth-order valence-corrected chi connectivity index (χ4v) is 4.49. The molecule has 2 rings (SSSR count). The van der Waals surface area contributed by atoms with E-state index in [2.05, 4.69) is 20.8 Å². The van der Waals surface area contributed by atoms with Crippen LogP contribution in [0.25, 0.3) is 0 Å². The molecule has 1 saturated heterocycles. The molecule has 5 heteroatoms. The molecule has 166 valence electrons. The maximum atomic E-state index is 13.0. The second-order valence-electron chi connectivity index (χ2n) is 8.99. The second kappa shape index (κ2) is 12.4. The van der Waals surface area contributed by atoms with Gasteiger partial charge in [-0.1, -0.05) is 39.7 Å². The maximum Gasteiger partial charge on any atom is 0.329 e. The Balaban J connectivity index is 2.16. The second-order valence-corrected chi connectivity index (χ2v) is 8.99. The average molecular weight is 408 g/mol. The van der Waals surface area contributed by atoms with Gasteiger partial charge in [-0.3, -0.25) is 4.79 Å². The average Bonchev–Trinajstić information content (AvgIpc) is 3.21. The van der Waals surface area contributed by atoms with E-state index in [0.717, 1.165) is 57.8 Å². The minimum atomic E-state index is -0.430. The highest BCUT2D eigenvalue weighted by Crippen LogP contribution is 2.26. The first kappa shape index (κ1) is 23.9. The van der Waals surface area contributed by atoms with Gasteiger partial charge in [-0.15, -0.1) is 0 Å². The topological polar surface area (TPSA) is 55.8 Å². The Morgan fingerprint density at radius 3 is 2.69 bits per heavy atom. The Morgan fingerprint density at radius 1 is 1.17 bits per heavy atom. The van der Waals surface area contributed by atoms with Crippen molar-refractivity contribution in [2.75, 3.05) is 13.7 Å². The molecule has 2 aliphatic heterocycles. The molecule has 0 bridgehead atoms. The quantitative estimate of drug-likeness (QED) is 0.609. The van der Waals surface area contributed by atoms with Gasteiger partial charge >= 0.3 is 5.97 Å². The van der Waals surface area contributed by atoms with Crippen molar-refractivity contribution < 1.29 is 19.1 Å². The number of ether oxygens (including phenoxy) is 2. The lowest BCUT2D eigenvalue weighted by Gasteiger charge is -2.28. The molecular formula is C24H41NO4. The summed E-state index contributed by atoms with van der Waals surface area (Å²) < 4.78 is 11.7. The molecule has 5 nitrogen and oxygen atoms in total. The van der Waals surface area contributed by atoms with E-state index in [-0.39, 0.29) is 24.1 Å². The number of cyclic esters (lactones) is 1. The molecule has 0 radical (unpaired) electrons. The summed E-state index contributed by atoms with van der Waals surface area (Å²) in [6.07, 6.45) is 13.5. The Morgan fingerprint density at radius 2 is 1.97 bits per heavy atom. The molecule has 1 amide bonds. The van der Waals surface area contributed by atoms with E-state index in [1.54, 1.807) is 18.1 Å². The molecule has 5 atom stereocenters. The summed E-state index contributed by atoms with van der Waals surface area (Å²) in [5.41, 5.74) is 0. The third-order valence-electron chi connectivity index (χ3n) is 6.58. The van der Waals surface area contributed by atoms with Crippen LogP contribution in [0.3, 0.4) is 0 Å². The van der Waals surface area contributed by atoms with Crippen LogP contribution >= 0.6 is 0 Å². The summed E-state index contributed by atoms with van der Waals surface area (Å²) in [6, 6.07) is -0.430. The van der Waals surface area contributed by atoms with E-state index in [4.69, 9.17) is 9.47 Å². The van der Waals surface area contributed by atoms with E-state index in [1.165, 1.54) is 0 Å². The highest BCUT2D eigenvalue weighted by Gasteiger charge is 2.36. The number of hydrogen-bond acceptors (Lipinski definition) is 4. The van der Waals surface area contributed by atoms with Crippen molar-refractivity contribution in [3.05, 3.63) is 12.2 Å². The highest BCUT2D eigenvalue weighted by atomic mass is 16.5. The molecule has 2 aliphatic rings. The molecule has 0 aromatic heterocycles. The third-order valence-corrected chi connectivity index (χ3v) is 6.58. The van der Waals surface area contributed by atoms with Gasteiger partial charge in [0.1, 0.15) is 12.1 Å².